The van der Waals surface area contributed by atoms with E-state index in [4.69, 9.17) is 5.73 Å². The second kappa shape index (κ2) is 6.00. The number of hydrogen-bond donors (Lipinski definition) is 2. The second-order valence-electron chi connectivity index (χ2n) is 6.93. The van der Waals surface area contributed by atoms with Crippen LogP contribution in [0.5, 0.6) is 0 Å². The van der Waals surface area contributed by atoms with Crippen LogP contribution in [-0.4, -0.2) is 30.5 Å². The lowest BCUT2D eigenvalue weighted by Crippen LogP contribution is -2.13. The van der Waals surface area contributed by atoms with Gasteiger partial charge >= 0.3 is 0 Å². The highest BCUT2D eigenvalue weighted by atomic mass is 16.2. The number of nitrogens with two attached hydrogens (primary N) is 1. The van der Waals surface area contributed by atoms with Gasteiger partial charge in [0.05, 0.1) is 28.7 Å². The summed E-state index contributed by atoms with van der Waals surface area (Å²) in [6.45, 7) is 0.220. The van der Waals surface area contributed by atoms with Gasteiger partial charge < -0.3 is 5.73 Å². The lowest BCUT2D eigenvalue weighted by Gasteiger charge is -2.10. The van der Waals surface area contributed by atoms with E-state index in [-0.39, 0.29) is 18.0 Å². The fourth-order valence-electron chi connectivity index (χ4n) is 4.00. The maximum Gasteiger partial charge on any atom is 0.272 e. The Morgan fingerprint density at radius 2 is 2.00 bits per heavy atom. The largest absolute Gasteiger partial charge is 0.325 e. The molecule has 8 nitrogen and oxygen atoms in total. The number of aryl methyl sites for hydroxylation is 2. The van der Waals surface area contributed by atoms with Crippen LogP contribution < -0.4 is 11.3 Å². The number of H-pyrrole nitrogens is 1. The van der Waals surface area contributed by atoms with Crippen LogP contribution in [0.15, 0.2) is 41.3 Å². The van der Waals surface area contributed by atoms with Gasteiger partial charge in [-0.05, 0) is 36.2 Å². The van der Waals surface area contributed by atoms with Gasteiger partial charge in [-0.2, -0.15) is 10.2 Å². The lowest BCUT2D eigenvalue weighted by atomic mass is 10.0. The number of benzene rings is 1. The van der Waals surface area contributed by atoms with Crippen LogP contribution >= 0.6 is 0 Å². The van der Waals surface area contributed by atoms with Crippen LogP contribution in [0.1, 0.15) is 22.6 Å². The zero-order chi connectivity index (χ0) is 19.4. The van der Waals surface area contributed by atoms with Crippen LogP contribution in [0, 0.1) is 0 Å². The highest BCUT2D eigenvalue weighted by molar-refractivity contribution is 5.93. The van der Waals surface area contributed by atoms with E-state index < -0.39 is 0 Å². The molecule has 1 aliphatic heterocycles. The van der Waals surface area contributed by atoms with E-state index in [0.29, 0.717) is 17.5 Å². The highest BCUT2D eigenvalue weighted by Gasteiger charge is 2.26. The van der Waals surface area contributed by atoms with E-state index in [1.807, 2.05) is 31.3 Å². The number of fused-ring (bicyclic) bond motifs is 2. The van der Waals surface area contributed by atoms with Gasteiger partial charge in [0.15, 0.2) is 0 Å². The molecule has 0 radical (unpaired) electrons. The number of hydrogen-bond acceptors (Lipinski definition) is 5. The number of nitrogens with one attached hydrogen (secondary N) is 1. The summed E-state index contributed by atoms with van der Waals surface area (Å²) < 4.78 is 3.55. The van der Waals surface area contributed by atoms with Gasteiger partial charge in [-0.1, -0.05) is 6.07 Å². The maximum absolute atomic E-state index is 12.4. The molecule has 3 N–H and O–H groups in total. The molecule has 0 aliphatic carbocycles. The molecular weight excluding hydrogens is 356 g/mol. The first-order valence-electron chi connectivity index (χ1n) is 9.06. The van der Waals surface area contributed by atoms with Crippen molar-refractivity contribution < 1.29 is 4.79 Å². The van der Waals surface area contributed by atoms with Gasteiger partial charge in [0.1, 0.15) is 0 Å². The SMILES string of the molecule is Cn1ncc(-c2ccc3c(=O)[nH]nc(CN)c3c2)c1-c1ccc2n1C(=O)CC2. The minimum atomic E-state index is -0.250. The van der Waals surface area contributed by atoms with Crippen molar-refractivity contribution in [3.63, 3.8) is 0 Å². The van der Waals surface area contributed by atoms with Gasteiger partial charge in [-0.3, -0.25) is 18.8 Å². The monoisotopic (exact) mass is 374 g/mol. The zero-order valence-corrected chi connectivity index (χ0v) is 15.3. The number of aromatic amines is 1. The fourth-order valence-corrected chi connectivity index (χ4v) is 4.00. The van der Waals surface area contributed by atoms with E-state index in [1.165, 1.54) is 0 Å². The highest BCUT2D eigenvalue weighted by Crippen LogP contribution is 2.35. The second-order valence-corrected chi connectivity index (χ2v) is 6.93. The van der Waals surface area contributed by atoms with Gasteiger partial charge in [-0.25, -0.2) is 5.10 Å². The Hall–Kier alpha value is -3.52. The molecule has 1 aliphatic rings. The quantitative estimate of drug-likeness (QED) is 0.568. The summed E-state index contributed by atoms with van der Waals surface area (Å²) in [5, 5.41) is 12.2. The number of aromatic nitrogens is 5. The number of carbonyl (C=O) groups excluding carboxylic acids is 1. The summed E-state index contributed by atoms with van der Waals surface area (Å²) >= 11 is 0. The van der Waals surface area contributed by atoms with Crippen molar-refractivity contribution >= 4 is 16.7 Å². The predicted molar refractivity (Wildman–Crippen MR) is 105 cm³/mol. The summed E-state index contributed by atoms with van der Waals surface area (Å²) in [6, 6.07) is 9.53. The molecule has 0 unspecified atom stereocenters. The molecule has 4 aromatic rings. The van der Waals surface area contributed by atoms with E-state index in [2.05, 4.69) is 15.3 Å². The third-order valence-corrected chi connectivity index (χ3v) is 5.36. The smallest absolute Gasteiger partial charge is 0.272 e. The van der Waals surface area contributed by atoms with Crippen LogP contribution in [-0.2, 0) is 20.0 Å². The first-order valence-corrected chi connectivity index (χ1v) is 9.06. The Balaban J connectivity index is 1.75. The third-order valence-electron chi connectivity index (χ3n) is 5.36. The molecule has 4 heterocycles. The average molecular weight is 374 g/mol. The molecule has 8 heteroatoms. The van der Waals surface area contributed by atoms with Crippen LogP contribution in [0.25, 0.3) is 33.3 Å². The molecule has 1 aromatic carbocycles. The molecule has 28 heavy (non-hydrogen) atoms. The van der Waals surface area contributed by atoms with Crippen molar-refractivity contribution in [1.82, 2.24) is 24.5 Å². The molecule has 0 fully saturated rings. The van der Waals surface area contributed by atoms with Gasteiger partial charge in [0.25, 0.3) is 5.56 Å². The maximum atomic E-state index is 12.4. The van der Waals surface area contributed by atoms with E-state index in [1.54, 1.807) is 21.5 Å². The van der Waals surface area contributed by atoms with Crippen LogP contribution in [0.2, 0.25) is 0 Å². The average Bonchev–Trinajstić information content (AvgIpc) is 3.38. The molecule has 3 aromatic heterocycles. The summed E-state index contributed by atoms with van der Waals surface area (Å²) in [5.41, 5.74) is 10.7. The van der Waals surface area contributed by atoms with E-state index in [0.717, 1.165) is 40.0 Å². The molecule has 140 valence electrons. The van der Waals surface area contributed by atoms with Crippen molar-refractivity contribution in [3.8, 4) is 22.5 Å². The van der Waals surface area contributed by atoms with Gasteiger partial charge in [0, 0.05) is 36.7 Å². The van der Waals surface area contributed by atoms with E-state index in [9.17, 15) is 9.59 Å². The number of nitrogens with zero attached hydrogens (tertiary/aromatic N) is 4. The summed E-state index contributed by atoms with van der Waals surface area (Å²) in [4.78, 5) is 24.5. The number of carbonyl (C=O) groups is 1. The zero-order valence-electron chi connectivity index (χ0n) is 15.3. The molecular formula is C20H18N6O2. The van der Waals surface area contributed by atoms with Crippen molar-refractivity contribution in [2.24, 2.45) is 12.8 Å². The Morgan fingerprint density at radius 1 is 1.14 bits per heavy atom. The summed E-state index contributed by atoms with van der Waals surface area (Å²) in [7, 11) is 1.86. The van der Waals surface area contributed by atoms with Gasteiger partial charge in [0.2, 0.25) is 5.91 Å². The molecule has 0 atom stereocenters. The standard InChI is InChI=1S/C20H18N6O2/c1-25-19(17-6-3-12-4-7-18(27)26(12)17)15(10-22-25)11-2-5-13-14(8-11)16(9-21)23-24-20(13)28/h2-3,5-6,8,10H,4,7,9,21H2,1H3,(H,24,28). The van der Waals surface area contributed by atoms with Crippen LogP contribution in [0.4, 0.5) is 0 Å². The van der Waals surface area contributed by atoms with Crippen molar-refractivity contribution in [2.75, 3.05) is 0 Å². The molecule has 0 bridgehead atoms. The Bertz CT molecular complexity index is 1310. The minimum Gasteiger partial charge on any atom is -0.325 e. The Labute approximate surface area is 159 Å². The molecule has 0 spiro atoms. The molecule has 5 rings (SSSR count). The van der Waals surface area contributed by atoms with Crippen molar-refractivity contribution in [2.45, 2.75) is 19.4 Å². The molecule has 0 saturated carbocycles. The lowest BCUT2D eigenvalue weighted by molar-refractivity contribution is 0.0926. The molecule has 0 amide bonds. The van der Waals surface area contributed by atoms with Crippen LogP contribution in [0.3, 0.4) is 0 Å². The first kappa shape index (κ1) is 16.6. The third kappa shape index (κ3) is 2.28. The normalized spacial score (nSPS) is 13.4. The van der Waals surface area contributed by atoms with E-state index >= 15 is 0 Å². The van der Waals surface area contributed by atoms with Crippen molar-refractivity contribution in [3.05, 3.63) is 58.3 Å². The van der Waals surface area contributed by atoms with Crippen molar-refractivity contribution in [1.29, 1.82) is 0 Å². The number of rotatable bonds is 3. The Kier molecular flexibility index (Phi) is 3.56. The summed E-state index contributed by atoms with van der Waals surface area (Å²) in [5.74, 6) is 0.0989. The summed E-state index contributed by atoms with van der Waals surface area (Å²) in [6.07, 6.45) is 3.07. The van der Waals surface area contributed by atoms with Gasteiger partial charge in [-0.15, -0.1) is 0 Å². The Morgan fingerprint density at radius 3 is 2.82 bits per heavy atom. The minimum absolute atomic E-state index is 0.0989. The predicted octanol–water partition coefficient (Wildman–Crippen LogP) is 1.84. The topological polar surface area (TPSA) is 112 Å². The fraction of sp³-hybridized carbons (Fsp3) is 0.200. The first-order chi connectivity index (χ1) is 13.6. The molecule has 0 saturated heterocycles.